The van der Waals surface area contributed by atoms with Crippen LogP contribution in [0.5, 0.6) is 0 Å². The van der Waals surface area contributed by atoms with E-state index in [-0.39, 0.29) is 18.8 Å². The summed E-state index contributed by atoms with van der Waals surface area (Å²) in [7, 11) is 0. The van der Waals surface area contributed by atoms with Crippen LogP contribution >= 0.6 is 0 Å². The van der Waals surface area contributed by atoms with Crippen LogP contribution in [-0.4, -0.2) is 60.8 Å². The first-order valence-electron chi connectivity index (χ1n) is 7.08. The zero-order valence-corrected chi connectivity index (χ0v) is 12.3. The van der Waals surface area contributed by atoms with Crippen molar-refractivity contribution in [2.45, 2.75) is 6.04 Å². The summed E-state index contributed by atoms with van der Waals surface area (Å²) in [6, 6.07) is 1.92. The molecular weight excluding hydrogens is 310 g/mol. The molecule has 2 rings (SSSR count). The van der Waals surface area contributed by atoms with Crippen LogP contribution in [0.2, 0.25) is 0 Å². The number of amides is 3. The number of carbonyl (C=O) groups excluding carboxylic acids is 2. The molecule has 0 aliphatic carbocycles. The van der Waals surface area contributed by atoms with Crippen molar-refractivity contribution in [2.24, 2.45) is 5.73 Å². The van der Waals surface area contributed by atoms with Gasteiger partial charge in [0, 0.05) is 26.2 Å². The molecule has 1 unspecified atom stereocenters. The van der Waals surface area contributed by atoms with Gasteiger partial charge in [-0.1, -0.05) is 6.07 Å². The van der Waals surface area contributed by atoms with Gasteiger partial charge < -0.3 is 26.0 Å². The lowest BCUT2D eigenvalue weighted by Crippen LogP contribution is -2.56. The molecule has 1 aromatic carbocycles. The van der Waals surface area contributed by atoms with Gasteiger partial charge in [-0.3, -0.25) is 4.79 Å². The average molecular weight is 328 g/mol. The van der Waals surface area contributed by atoms with Crippen LogP contribution in [0, 0.1) is 11.6 Å². The first kappa shape index (κ1) is 16.9. The van der Waals surface area contributed by atoms with Crippen LogP contribution in [-0.2, 0) is 4.79 Å². The number of rotatable bonds is 4. The smallest absolute Gasteiger partial charge is 0.312 e. The molecule has 0 radical (unpaired) electrons. The van der Waals surface area contributed by atoms with Crippen molar-refractivity contribution >= 4 is 17.6 Å². The molecule has 126 valence electrons. The number of benzene rings is 1. The van der Waals surface area contributed by atoms with E-state index in [4.69, 9.17) is 10.8 Å². The predicted octanol–water partition coefficient (Wildman–Crippen LogP) is -0.357. The Kier molecular flexibility index (Phi) is 5.32. The molecular formula is C14H18F2N4O3. The van der Waals surface area contributed by atoms with Gasteiger partial charge in [0.2, 0.25) is 5.91 Å². The third-order valence-electron chi connectivity index (χ3n) is 3.66. The Labute approximate surface area is 131 Å². The van der Waals surface area contributed by atoms with Crippen LogP contribution in [0.25, 0.3) is 0 Å². The number of hydrogen-bond donors (Lipinski definition) is 3. The summed E-state index contributed by atoms with van der Waals surface area (Å²) < 4.78 is 27.0. The van der Waals surface area contributed by atoms with Gasteiger partial charge in [0.25, 0.3) is 0 Å². The van der Waals surface area contributed by atoms with E-state index in [9.17, 15) is 18.4 Å². The molecule has 1 aromatic rings. The van der Waals surface area contributed by atoms with Crippen molar-refractivity contribution in [2.75, 3.05) is 37.7 Å². The lowest BCUT2D eigenvalue weighted by Gasteiger charge is -2.37. The molecule has 0 aromatic heterocycles. The number of hydrogen-bond acceptors (Lipinski definition) is 4. The van der Waals surface area contributed by atoms with Crippen LogP contribution in [0.15, 0.2) is 18.2 Å². The van der Waals surface area contributed by atoms with Crippen molar-refractivity contribution in [1.82, 2.24) is 10.2 Å². The molecule has 1 saturated heterocycles. The Hall–Kier alpha value is -2.42. The standard InChI is InChI=1S/C14H18F2N4O3/c15-9-2-1-3-11(12(9)16)19-4-6-20(7-5-19)13(22)10(8-21)18-14(17)23/h1-3,10,21H,4-8H2,(H3,17,18,23). The van der Waals surface area contributed by atoms with E-state index >= 15 is 0 Å². The van der Waals surface area contributed by atoms with Crippen molar-refractivity contribution in [3.05, 3.63) is 29.8 Å². The maximum absolute atomic E-state index is 13.8. The lowest BCUT2D eigenvalue weighted by molar-refractivity contribution is -0.134. The highest BCUT2D eigenvalue weighted by Crippen LogP contribution is 2.22. The van der Waals surface area contributed by atoms with Gasteiger partial charge in [0.15, 0.2) is 11.6 Å². The zero-order valence-electron chi connectivity index (χ0n) is 12.3. The summed E-state index contributed by atoms with van der Waals surface area (Å²) in [5.41, 5.74) is 5.09. The van der Waals surface area contributed by atoms with Gasteiger partial charge in [-0.05, 0) is 12.1 Å². The monoisotopic (exact) mass is 328 g/mol. The second-order valence-electron chi connectivity index (χ2n) is 5.13. The van der Waals surface area contributed by atoms with Gasteiger partial charge >= 0.3 is 6.03 Å². The molecule has 4 N–H and O–H groups in total. The summed E-state index contributed by atoms with van der Waals surface area (Å²) in [4.78, 5) is 26.0. The van der Waals surface area contributed by atoms with E-state index in [1.807, 2.05) is 0 Å². The molecule has 3 amide bonds. The molecule has 1 aliphatic heterocycles. The average Bonchev–Trinajstić information content (AvgIpc) is 2.54. The van der Waals surface area contributed by atoms with E-state index < -0.39 is 36.2 Å². The topological polar surface area (TPSA) is 98.9 Å². The molecule has 23 heavy (non-hydrogen) atoms. The van der Waals surface area contributed by atoms with Crippen LogP contribution in [0.4, 0.5) is 19.3 Å². The van der Waals surface area contributed by atoms with Crippen LogP contribution in [0.3, 0.4) is 0 Å². The van der Waals surface area contributed by atoms with Crippen molar-refractivity contribution < 1.29 is 23.5 Å². The number of carbonyl (C=O) groups is 2. The summed E-state index contributed by atoms with van der Waals surface area (Å²) >= 11 is 0. The largest absolute Gasteiger partial charge is 0.394 e. The van der Waals surface area contributed by atoms with E-state index in [1.165, 1.54) is 17.0 Å². The number of anilines is 1. The fraction of sp³-hybridized carbons (Fsp3) is 0.429. The SMILES string of the molecule is NC(=O)NC(CO)C(=O)N1CCN(c2cccc(F)c2F)CC1. The quantitative estimate of drug-likeness (QED) is 0.703. The first-order valence-corrected chi connectivity index (χ1v) is 7.08. The molecule has 0 bridgehead atoms. The number of halogens is 2. The third-order valence-corrected chi connectivity index (χ3v) is 3.66. The maximum atomic E-state index is 13.8. The minimum absolute atomic E-state index is 0.145. The van der Waals surface area contributed by atoms with Gasteiger partial charge in [0.05, 0.1) is 12.3 Å². The number of nitrogens with zero attached hydrogens (tertiary/aromatic N) is 2. The number of nitrogens with one attached hydrogen (secondary N) is 1. The van der Waals surface area contributed by atoms with E-state index in [0.717, 1.165) is 6.07 Å². The van der Waals surface area contributed by atoms with Gasteiger partial charge in [0.1, 0.15) is 6.04 Å². The molecule has 0 spiro atoms. The molecule has 9 heteroatoms. The third kappa shape index (κ3) is 3.86. The maximum Gasteiger partial charge on any atom is 0.312 e. The fourth-order valence-corrected chi connectivity index (χ4v) is 2.48. The number of urea groups is 1. The lowest BCUT2D eigenvalue weighted by atomic mass is 10.2. The Morgan fingerprint density at radius 2 is 1.91 bits per heavy atom. The molecule has 1 heterocycles. The normalized spacial score (nSPS) is 16.1. The predicted molar refractivity (Wildman–Crippen MR) is 78.7 cm³/mol. The Balaban J connectivity index is 1.99. The summed E-state index contributed by atoms with van der Waals surface area (Å²) in [5, 5.41) is 11.3. The molecule has 1 aliphatic rings. The second-order valence-corrected chi connectivity index (χ2v) is 5.13. The number of nitrogens with two attached hydrogens (primary N) is 1. The molecule has 7 nitrogen and oxygen atoms in total. The molecule has 1 fully saturated rings. The summed E-state index contributed by atoms with van der Waals surface area (Å²) in [6.45, 7) is 0.555. The van der Waals surface area contributed by atoms with Crippen LogP contribution < -0.4 is 16.0 Å². The molecule has 0 saturated carbocycles. The number of aliphatic hydroxyl groups excluding tert-OH is 1. The van der Waals surface area contributed by atoms with Gasteiger partial charge in [-0.15, -0.1) is 0 Å². The summed E-state index contributed by atoms with van der Waals surface area (Å²) in [6.07, 6.45) is 0. The van der Waals surface area contributed by atoms with Crippen molar-refractivity contribution in [3.8, 4) is 0 Å². The number of aliphatic hydroxyl groups is 1. The minimum atomic E-state index is -1.11. The van der Waals surface area contributed by atoms with E-state index in [1.54, 1.807) is 4.90 Å². The van der Waals surface area contributed by atoms with Crippen molar-refractivity contribution in [1.29, 1.82) is 0 Å². The van der Waals surface area contributed by atoms with Crippen LogP contribution in [0.1, 0.15) is 0 Å². The fourth-order valence-electron chi connectivity index (χ4n) is 2.48. The first-order chi connectivity index (χ1) is 10.9. The van der Waals surface area contributed by atoms with Crippen molar-refractivity contribution in [3.63, 3.8) is 0 Å². The highest BCUT2D eigenvalue weighted by Gasteiger charge is 2.28. The number of primary amides is 1. The Morgan fingerprint density at radius 1 is 1.26 bits per heavy atom. The number of piperazine rings is 1. The second kappa shape index (κ2) is 7.23. The Morgan fingerprint density at radius 3 is 2.48 bits per heavy atom. The molecule has 1 atom stereocenters. The summed E-state index contributed by atoms with van der Waals surface area (Å²) in [5.74, 6) is -2.31. The zero-order chi connectivity index (χ0) is 17.0. The van der Waals surface area contributed by atoms with E-state index in [2.05, 4.69) is 5.32 Å². The highest BCUT2D eigenvalue weighted by molar-refractivity contribution is 5.86. The van der Waals surface area contributed by atoms with Gasteiger partial charge in [-0.2, -0.15) is 0 Å². The van der Waals surface area contributed by atoms with Gasteiger partial charge in [-0.25, -0.2) is 13.6 Å². The Bertz CT molecular complexity index is 591. The highest BCUT2D eigenvalue weighted by atomic mass is 19.2. The minimum Gasteiger partial charge on any atom is -0.394 e. The van der Waals surface area contributed by atoms with E-state index in [0.29, 0.717) is 13.1 Å².